The molecule has 2 aromatic rings. The van der Waals surface area contributed by atoms with E-state index in [4.69, 9.17) is 5.73 Å². The van der Waals surface area contributed by atoms with Gasteiger partial charge < -0.3 is 5.73 Å². The van der Waals surface area contributed by atoms with Crippen molar-refractivity contribution in [3.63, 3.8) is 0 Å². The summed E-state index contributed by atoms with van der Waals surface area (Å²) in [5.74, 6) is -3.10. The molecule has 1 aromatic heterocycles. The van der Waals surface area contributed by atoms with Crippen LogP contribution in [0.1, 0.15) is 5.56 Å². The van der Waals surface area contributed by atoms with Gasteiger partial charge in [-0.15, -0.1) is 0 Å². The van der Waals surface area contributed by atoms with E-state index in [2.05, 4.69) is 4.98 Å². The van der Waals surface area contributed by atoms with Crippen molar-refractivity contribution in [2.45, 2.75) is 6.18 Å². The number of nitrogens with two attached hydrogens (primary N) is 1. The fourth-order valence-corrected chi connectivity index (χ4v) is 1.58. The van der Waals surface area contributed by atoms with Gasteiger partial charge in [0.15, 0.2) is 11.6 Å². The number of hydrogen-bond acceptors (Lipinski definition) is 2. The first-order valence-electron chi connectivity index (χ1n) is 5.08. The molecule has 0 amide bonds. The summed E-state index contributed by atoms with van der Waals surface area (Å²) in [7, 11) is 0. The second-order valence-electron chi connectivity index (χ2n) is 3.76. The topological polar surface area (TPSA) is 38.9 Å². The smallest absolute Gasteiger partial charge is 0.383 e. The molecular formula is C12H7F5N2. The van der Waals surface area contributed by atoms with Crippen LogP contribution in [0.3, 0.4) is 0 Å². The Bertz CT molecular complexity index is 622. The molecule has 0 aliphatic rings. The third kappa shape index (κ3) is 2.49. The first kappa shape index (κ1) is 13.3. The molecule has 0 saturated carbocycles. The van der Waals surface area contributed by atoms with Gasteiger partial charge in [0, 0.05) is 17.3 Å². The Balaban J connectivity index is 2.62. The van der Waals surface area contributed by atoms with Gasteiger partial charge in [-0.2, -0.15) is 13.2 Å². The lowest BCUT2D eigenvalue weighted by atomic mass is 10.0. The maximum atomic E-state index is 13.5. The van der Waals surface area contributed by atoms with Crippen molar-refractivity contribution in [1.29, 1.82) is 0 Å². The summed E-state index contributed by atoms with van der Waals surface area (Å²) in [6.45, 7) is 0. The molecule has 0 radical (unpaired) electrons. The zero-order valence-electron chi connectivity index (χ0n) is 9.30. The summed E-state index contributed by atoms with van der Waals surface area (Å²) in [6.07, 6.45) is -3.75. The predicted octanol–water partition coefficient (Wildman–Crippen LogP) is 3.63. The van der Waals surface area contributed by atoms with Gasteiger partial charge in [0.05, 0.1) is 5.56 Å². The maximum absolute atomic E-state index is 13.5. The zero-order chi connectivity index (χ0) is 14.2. The number of nitrogens with zero attached hydrogens (tertiary/aromatic N) is 1. The van der Waals surface area contributed by atoms with Gasteiger partial charge in [0.2, 0.25) is 0 Å². The highest BCUT2D eigenvalue weighted by Crippen LogP contribution is 2.35. The van der Waals surface area contributed by atoms with Gasteiger partial charge in [0.25, 0.3) is 0 Å². The third-order valence-electron chi connectivity index (χ3n) is 2.49. The zero-order valence-corrected chi connectivity index (χ0v) is 9.30. The predicted molar refractivity (Wildman–Crippen MR) is 59.0 cm³/mol. The number of hydrogen-bond donors (Lipinski definition) is 1. The fraction of sp³-hybridized carbons (Fsp3) is 0.0833. The van der Waals surface area contributed by atoms with Crippen LogP contribution < -0.4 is 5.73 Å². The molecule has 1 aromatic carbocycles. The molecule has 2 rings (SSSR count). The number of aromatic nitrogens is 1. The number of alkyl halides is 3. The second kappa shape index (κ2) is 4.49. The minimum Gasteiger partial charge on any atom is -0.383 e. The normalized spacial score (nSPS) is 11.6. The number of nitrogen functional groups attached to an aromatic ring is 1. The SMILES string of the molecule is Nc1ncc(-c2cccc(F)c2F)cc1C(F)(F)F. The summed E-state index contributed by atoms with van der Waals surface area (Å²) >= 11 is 0. The standard InChI is InChI=1S/C12H7F5N2/c13-9-3-1-2-7(10(9)14)6-4-8(12(15,16)17)11(18)19-5-6/h1-5H,(H2,18,19). The Morgan fingerprint density at radius 3 is 2.42 bits per heavy atom. The van der Waals surface area contributed by atoms with Gasteiger partial charge in [0.1, 0.15) is 5.82 Å². The van der Waals surface area contributed by atoms with E-state index in [1.807, 2.05) is 0 Å². The van der Waals surface area contributed by atoms with Crippen LogP contribution in [0, 0.1) is 11.6 Å². The largest absolute Gasteiger partial charge is 0.419 e. The van der Waals surface area contributed by atoms with E-state index >= 15 is 0 Å². The van der Waals surface area contributed by atoms with Crippen molar-refractivity contribution in [3.8, 4) is 11.1 Å². The van der Waals surface area contributed by atoms with E-state index in [9.17, 15) is 22.0 Å². The molecule has 0 aliphatic carbocycles. The molecule has 19 heavy (non-hydrogen) atoms. The number of pyridine rings is 1. The molecule has 0 saturated heterocycles. The fourth-order valence-electron chi connectivity index (χ4n) is 1.58. The highest BCUT2D eigenvalue weighted by atomic mass is 19.4. The van der Waals surface area contributed by atoms with E-state index in [0.717, 1.165) is 18.3 Å². The van der Waals surface area contributed by atoms with E-state index in [-0.39, 0.29) is 11.1 Å². The van der Waals surface area contributed by atoms with Crippen molar-refractivity contribution in [2.24, 2.45) is 0 Å². The Labute approximate surface area is 104 Å². The number of halogens is 5. The van der Waals surface area contributed by atoms with Gasteiger partial charge in [-0.1, -0.05) is 12.1 Å². The molecule has 0 aliphatic heterocycles. The van der Waals surface area contributed by atoms with E-state index in [0.29, 0.717) is 6.07 Å². The van der Waals surface area contributed by atoms with Crippen molar-refractivity contribution in [3.05, 3.63) is 47.7 Å². The Hall–Kier alpha value is -2.18. The van der Waals surface area contributed by atoms with Crippen molar-refractivity contribution in [1.82, 2.24) is 4.98 Å². The lowest BCUT2D eigenvalue weighted by Gasteiger charge is -2.11. The van der Waals surface area contributed by atoms with Gasteiger partial charge in [-0.05, 0) is 12.1 Å². The summed E-state index contributed by atoms with van der Waals surface area (Å²) in [4.78, 5) is 3.36. The highest BCUT2D eigenvalue weighted by molar-refractivity contribution is 5.66. The Morgan fingerprint density at radius 1 is 1.11 bits per heavy atom. The molecular weight excluding hydrogens is 267 g/mol. The van der Waals surface area contributed by atoms with Crippen LogP contribution in [0.5, 0.6) is 0 Å². The lowest BCUT2D eigenvalue weighted by molar-refractivity contribution is -0.137. The van der Waals surface area contributed by atoms with E-state index < -0.39 is 29.2 Å². The summed E-state index contributed by atoms with van der Waals surface area (Å²) < 4.78 is 64.4. The molecule has 100 valence electrons. The van der Waals surface area contributed by atoms with Crippen molar-refractivity contribution < 1.29 is 22.0 Å². The molecule has 0 bridgehead atoms. The van der Waals surface area contributed by atoms with Crippen LogP contribution >= 0.6 is 0 Å². The average Bonchev–Trinajstić information content (AvgIpc) is 2.32. The van der Waals surface area contributed by atoms with Crippen LogP contribution in [0.25, 0.3) is 11.1 Å². The van der Waals surface area contributed by atoms with Gasteiger partial charge in [-0.3, -0.25) is 0 Å². The van der Waals surface area contributed by atoms with Crippen molar-refractivity contribution >= 4 is 5.82 Å². The van der Waals surface area contributed by atoms with Crippen LogP contribution in [-0.4, -0.2) is 4.98 Å². The highest BCUT2D eigenvalue weighted by Gasteiger charge is 2.34. The molecule has 7 heteroatoms. The molecule has 2 N–H and O–H groups in total. The Kier molecular flexibility index (Phi) is 3.13. The molecule has 0 unspecified atom stereocenters. The van der Waals surface area contributed by atoms with Gasteiger partial charge >= 0.3 is 6.18 Å². The minimum atomic E-state index is -4.71. The Morgan fingerprint density at radius 2 is 1.79 bits per heavy atom. The maximum Gasteiger partial charge on any atom is 0.419 e. The number of anilines is 1. The van der Waals surface area contributed by atoms with Crippen LogP contribution in [0.15, 0.2) is 30.5 Å². The van der Waals surface area contributed by atoms with Crippen LogP contribution in [-0.2, 0) is 6.18 Å². The first-order chi connectivity index (χ1) is 8.80. The quantitative estimate of drug-likeness (QED) is 0.806. The monoisotopic (exact) mass is 274 g/mol. The van der Waals surface area contributed by atoms with Gasteiger partial charge in [-0.25, -0.2) is 13.8 Å². The van der Waals surface area contributed by atoms with Crippen molar-refractivity contribution in [2.75, 3.05) is 5.73 Å². The number of rotatable bonds is 1. The van der Waals surface area contributed by atoms with E-state index in [1.165, 1.54) is 6.07 Å². The molecule has 0 spiro atoms. The third-order valence-corrected chi connectivity index (χ3v) is 2.49. The van der Waals surface area contributed by atoms with Crippen LogP contribution in [0.2, 0.25) is 0 Å². The minimum absolute atomic E-state index is 0.196. The summed E-state index contributed by atoms with van der Waals surface area (Å²) in [6, 6.07) is 3.86. The van der Waals surface area contributed by atoms with E-state index in [1.54, 1.807) is 0 Å². The summed E-state index contributed by atoms with van der Waals surface area (Å²) in [5, 5.41) is 0. The lowest BCUT2D eigenvalue weighted by Crippen LogP contribution is -2.10. The summed E-state index contributed by atoms with van der Waals surface area (Å²) in [5.41, 5.74) is 3.43. The second-order valence-corrected chi connectivity index (χ2v) is 3.76. The number of benzene rings is 1. The first-order valence-corrected chi connectivity index (χ1v) is 5.08. The molecule has 1 heterocycles. The van der Waals surface area contributed by atoms with Crippen LogP contribution in [0.4, 0.5) is 27.8 Å². The molecule has 2 nitrogen and oxygen atoms in total. The average molecular weight is 274 g/mol. The molecule has 0 atom stereocenters. The molecule has 0 fully saturated rings.